The third kappa shape index (κ3) is 4.82. The van der Waals surface area contributed by atoms with E-state index < -0.39 is 0 Å². The van der Waals surface area contributed by atoms with E-state index in [1.165, 1.54) is 29.1 Å². The van der Waals surface area contributed by atoms with E-state index >= 15 is 0 Å². The molecule has 0 unspecified atom stereocenters. The SMILES string of the molecule is Cc1ccc(CCCC(=O)N2CCC(NCC3CC3)CC2)s1. The van der Waals surface area contributed by atoms with Crippen LogP contribution in [0.15, 0.2) is 12.1 Å². The summed E-state index contributed by atoms with van der Waals surface area (Å²) in [5.74, 6) is 1.30. The zero-order valence-electron chi connectivity index (χ0n) is 13.6. The Morgan fingerprint density at radius 3 is 2.68 bits per heavy atom. The summed E-state index contributed by atoms with van der Waals surface area (Å²) in [5.41, 5.74) is 0. The number of carbonyl (C=O) groups is 1. The predicted molar refractivity (Wildman–Crippen MR) is 92.3 cm³/mol. The van der Waals surface area contributed by atoms with Crippen LogP contribution in [0.25, 0.3) is 0 Å². The molecule has 0 aromatic carbocycles. The standard InChI is InChI=1S/C18H28N2OS/c1-14-5-8-17(22-14)3-2-4-18(21)20-11-9-16(10-12-20)19-13-15-6-7-15/h5,8,15-16,19H,2-4,6-7,9-13H2,1H3. The molecule has 3 rings (SSSR count). The third-order valence-electron chi connectivity index (χ3n) is 4.85. The Labute approximate surface area is 138 Å². The molecule has 1 aromatic heterocycles. The minimum atomic E-state index is 0.355. The van der Waals surface area contributed by atoms with Crippen LogP contribution in [0, 0.1) is 12.8 Å². The van der Waals surface area contributed by atoms with Gasteiger partial charge in [0, 0.05) is 35.3 Å². The lowest BCUT2D eigenvalue weighted by Gasteiger charge is -2.32. The lowest BCUT2D eigenvalue weighted by molar-refractivity contribution is -0.132. The van der Waals surface area contributed by atoms with Gasteiger partial charge in [-0.2, -0.15) is 0 Å². The summed E-state index contributed by atoms with van der Waals surface area (Å²) >= 11 is 1.85. The molecule has 1 saturated heterocycles. The van der Waals surface area contributed by atoms with E-state index in [-0.39, 0.29) is 0 Å². The van der Waals surface area contributed by atoms with Crippen molar-refractivity contribution in [2.75, 3.05) is 19.6 Å². The number of nitrogens with zero attached hydrogens (tertiary/aromatic N) is 1. The molecule has 2 fully saturated rings. The van der Waals surface area contributed by atoms with E-state index in [1.807, 2.05) is 11.3 Å². The highest BCUT2D eigenvalue weighted by atomic mass is 32.1. The lowest BCUT2D eigenvalue weighted by atomic mass is 10.0. The molecule has 1 saturated carbocycles. The van der Waals surface area contributed by atoms with Crippen molar-refractivity contribution in [3.05, 3.63) is 21.9 Å². The largest absolute Gasteiger partial charge is 0.343 e. The Kier molecular flexibility index (Phi) is 5.53. The van der Waals surface area contributed by atoms with E-state index in [4.69, 9.17) is 0 Å². The number of rotatable bonds is 7. The van der Waals surface area contributed by atoms with Gasteiger partial charge in [0.2, 0.25) is 5.91 Å². The van der Waals surface area contributed by atoms with Crippen molar-refractivity contribution in [1.82, 2.24) is 10.2 Å². The van der Waals surface area contributed by atoms with E-state index in [1.54, 1.807) is 0 Å². The van der Waals surface area contributed by atoms with E-state index in [0.29, 0.717) is 18.4 Å². The number of aryl methyl sites for hydroxylation is 2. The Morgan fingerprint density at radius 2 is 2.05 bits per heavy atom. The van der Waals surface area contributed by atoms with Crippen LogP contribution in [-0.2, 0) is 11.2 Å². The van der Waals surface area contributed by atoms with Crippen LogP contribution in [0.5, 0.6) is 0 Å². The van der Waals surface area contributed by atoms with Crippen LogP contribution in [0.1, 0.15) is 48.3 Å². The highest BCUT2D eigenvalue weighted by Crippen LogP contribution is 2.28. The maximum Gasteiger partial charge on any atom is 0.222 e. The molecule has 2 heterocycles. The summed E-state index contributed by atoms with van der Waals surface area (Å²) in [5, 5.41) is 3.67. The molecule has 0 radical (unpaired) electrons. The van der Waals surface area contributed by atoms with E-state index in [2.05, 4.69) is 29.3 Å². The second-order valence-electron chi connectivity index (χ2n) is 6.87. The van der Waals surface area contributed by atoms with Gasteiger partial charge < -0.3 is 10.2 Å². The molecule has 4 heteroatoms. The monoisotopic (exact) mass is 320 g/mol. The number of hydrogen-bond acceptors (Lipinski definition) is 3. The molecule has 0 spiro atoms. The van der Waals surface area contributed by atoms with Gasteiger partial charge >= 0.3 is 0 Å². The predicted octanol–water partition coefficient (Wildman–Crippen LogP) is 3.37. The topological polar surface area (TPSA) is 32.3 Å². The molecular formula is C18H28N2OS. The first-order valence-corrected chi connectivity index (χ1v) is 9.59. The van der Waals surface area contributed by atoms with Crippen LogP contribution in [0.4, 0.5) is 0 Å². The number of nitrogens with one attached hydrogen (secondary N) is 1. The lowest BCUT2D eigenvalue weighted by Crippen LogP contribution is -2.45. The number of amides is 1. The third-order valence-corrected chi connectivity index (χ3v) is 5.91. The Bertz CT molecular complexity index is 487. The van der Waals surface area contributed by atoms with Crippen molar-refractivity contribution in [3.8, 4) is 0 Å². The zero-order chi connectivity index (χ0) is 15.4. The first-order valence-electron chi connectivity index (χ1n) is 8.77. The van der Waals surface area contributed by atoms with Crippen molar-refractivity contribution >= 4 is 17.2 Å². The van der Waals surface area contributed by atoms with Crippen molar-refractivity contribution < 1.29 is 4.79 Å². The summed E-state index contributed by atoms with van der Waals surface area (Å²) in [6, 6.07) is 5.00. The zero-order valence-corrected chi connectivity index (χ0v) is 14.5. The van der Waals surface area contributed by atoms with Gasteiger partial charge in [-0.25, -0.2) is 0 Å². The summed E-state index contributed by atoms with van der Waals surface area (Å²) in [6.07, 6.45) is 7.81. The Balaban J connectivity index is 1.31. The summed E-state index contributed by atoms with van der Waals surface area (Å²) in [4.78, 5) is 17.1. The van der Waals surface area contributed by atoms with Gasteiger partial charge in [0.1, 0.15) is 0 Å². The molecular weight excluding hydrogens is 292 g/mol. The Hall–Kier alpha value is -0.870. The maximum atomic E-state index is 12.3. The number of piperidine rings is 1. The first kappa shape index (κ1) is 16.0. The summed E-state index contributed by atoms with van der Waals surface area (Å²) in [6.45, 7) is 5.22. The van der Waals surface area contributed by atoms with Gasteiger partial charge in [-0.3, -0.25) is 4.79 Å². The van der Waals surface area contributed by atoms with Gasteiger partial charge in [0.15, 0.2) is 0 Å². The van der Waals surface area contributed by atoms with Crippen LogP contribution in [0.2, 0.25) is 0 Å². The highest BCUT2D eigenvalue weighted by Gasteiger charge is 2.25. The highest BCUT2D eigenvalue weighted by molar-refractivity contribution is 7.11. The molecule has 22 heavy (non-hydrogen) atoms. The number of carbonyl (C=O) groups excluding carboxylic acids is 1. The molecule has 1 N–H and O–H groups in total. The van der Waals surface area contributed by atoms with Crippen LogP contribution < -0.4 is 5.32 Å². The normalized spacial score (nSPS) is 19.6. The Morgan fingerprint density at radius 1 is 1.27 bits per heavy atom. The van der Waals surface area contributed by atoms with Crippen molar-refractivity contribution in [2.45, 2.75) is 57.9 Å². The second kappa shape index (κ2) is 7.60. The van der Waals surface area contributed by atoms with Gasteiger partial charge in [-0.1, -0.05) is 0 Å². The number of hydrogen-bond donors (Lipinski definition) is 1. The molecule has 1 aromatic rings. The van der Waals surface area contributed by atoms with Crippen LogP contribution in [0.3, 0.4) is 0 Å². The summed E-state index contributed by atoms with van der Waals surface area (Å²) in [7, 11) is 0. The maximum absolute atomic E-state index is 12.3. The molecule has 1 aliphatic heterocycles. The van der Waals surface area contributed by atoms with Gasteiger partial charge in [-0.05, 0) is 70.0 Å². The average Bonchev–Trinajstić information content (AvgIpc) is 3.27. The number of thiophene rings is 1. The molecule has 3 nitrogen and oxygen atoms in total. The molecule has 1 aliphatic carbocycles. The average molecular weight is 321 g/mol. The van der Waals surface area contributed by atoms with E-state index in [9.17, 15) is 4.79 Å². The van der Waals surface area contributed by atoms with Crippen LogP contribution >= 0.6 is 11.3 Å². The molecule has 0 atom stereocenters. The fourth-order valence-electron chi connectivity index (χ4n) is 3.18. The quantitative estimate of drug-likeness (QED) is 0.835. The molecule has 2 aliphatic rings. The minimum absolute atomic E-state index is 0.355. The molecule has 0 bridgehead atoms. The van der Waals surface area contributed by atoms with Gasteiger partial charge in [-0.15, -0.1) is 11.3 Å². The molecule has 122 valence electrons. The summed E-state index contributed by atoms with van der Waals surface area (Å²) < 4.78 is 0. The first-order chi connectivity index (χ1) is 10.7. The fraction of sp³-hybridized carbons (Fsp3) is 0.722. The van der Waals surface area contributed by atoms with Crippen LogP contribution in [-0.4, -0.2) is 36.5 Å². The van der Waals surface area contributed by atoms with Crippen molar-refractivity contribution in [1.29, 1.82) is 0 Å². The molecule has 1 amide bonds. The van der Waals surface area contributed by atoms with Gasteiger partial charge in [0.25, 0.3) is 0 Å². The number of likely N-dealkylation sites (tertiary alicyclic amines) is 1. The smallest absolute Gasteiger partial charge is 0.222 e. The van der Waals surface area contributed by atoms with Crippen molar-refractivity contribution in [3.63, 3.8) is 0 Å². The van der Waals surface area contributed by atoms with Crippen molar-refractivity contribution in [2.24, 2.45) is 5.92 Å². The minimum Gasteiger partial charge on any atom is -0.343 e. The fourth-order valence-corrected chi connectivity index (χ4v) is 4.11. The van der Waals surface area contributed by atoms with Gasteiger partial charge in [0.05, 0.1) is 0 Å². The second-order valence-corrected chi connectivity index (χ2v) is 8.25. The van der Waals surface area contributed by atoms with E-state index in [0.717, 1.165) is 44.7 Å².